The van der Waals surface area contributed by atoms with Crippen molar-refractivity contribution in [1.29, 1.82) is 0 Å². The van der Waals surface area contributed by atoms with Gasteiger partial charge in [0.2, 0.25) is 0 Å². The van der Waals surface area contributed by atoms with Gasteiger partial charge >= 0.3 is 0 Å². The maximum atomic E-state index is 3.73. The second-order valence-electron chi connectivity index (χ2n) is 4.85. The first-order valence-electron chi connectivity index (χ1n) is 5.59. The van der Waals surface area contributed by atoms with Crippen molar-refractivity contribution < 1.29 is 0 Å². The van der Waals surface area contributed by atoms with Crippen molar-refractivity contribution in [2.75, 3.05) is 5.75 Å². The maximum absolute atomic E-state index is 3.73. The molecule has 0 heterocycles. The van der Waals surface area contributed by atoms with Crippen molar-refractivity contribution in [3.05, 3.63) is 42.5 Å². The van der Waals surface area contributed by atoms with Crippen LogP contribution in [-0.2, 0) is 6.54 Å². The van der Waals surface area contributed by atoms with Crippen molar-refractivity contribution >= 4 is 11.8 Å². The van der Waals surface area contributed by atoms with Crippen LogP contribution in [0.5, 0.6) is 0 Å². The van der Waals surface area contributed by atoms with Crippen molar-refractivity contribution in [2.45, 2.75) is 37.8 Å². The normalized spacial score (nSPS) is 11.4. The number of hydrogen-bond acceptors (Lipinski definition) is 2. The molecule has 1 N–H and O–H groups in total. The van der Waals surface area contributed by atoms with Crippen molar-refractivity contribution in [2.24, 2.45) is 0 Å². The molecule has 0 saturated heterocycles. The molecule has 0 aromatic heterocycles. The van der Waals surface area contributed by atoms with Crippen LogP contribution in [0.25, 0.3) is 0 Å². The molecular weight excluding hydrogens is 214 g/mol. The lowest BCUT2D eigenvalue weighted by Gasteiger charge is -2.20. The molecule has 88 valence electrons. The molecule has 0 fully saturated rings. The van der Waals surface area contributed by atoms with E-state index in [0.29, 0.717) is 0 Å². The number of rotatable bonds is 5. The van der Waals surface area contributed by atoms with Gasteiger partial charge in [0.25, 0.3) is 0 Å². The van der Waals surface area contributed by atoms with E-state index < -0.39 is 0 Å². The Morgan fingerprint density at radius 2 is 2.12 bits per heavy atom. The average Bonchev–Trinajstić information content (AvgIpc) is 2.23. The molecule has 2 heteroatoms. The minimum Gasteiger partial charge on any atom is -0.308 e. The van der Waals surface area contributed by atoms with Crippen LogP contribution in [0.4, 0.5) is 0 Å². The Kier molecular flexibility index (Phi) is 5.10. The summed E-state index contributed by atoms with van der Waals surface area (Å²) in [6, 6.07) is 8.67. The van der Waals surface area contributed by atoms with Gasteiger partial charge < -0.3 is 5.32 Å². The van der Waals surface area contributed by atoms with Gasteiger partial charge in [-0.25, -0.2) is 0 Å². The zero-order valence-corrected chi connectivity index (χ0v) is 11.2. The Morgan fingerprint density at radius 3 is 2.75 bits per heavy atom. The molecule has 0 aliphatic carbocycles. The summed E-state index contributed by atoms with van der Waals surface area (Å²) in [7, 11) is 0. The Bertz CT molecular complexity index is 339. The maximum Gasteiger partial charge on any atom is 0.0210 e. The van der Waals surface area contributed by atoms with Crippen LogP contribution in [0.15, 0.2) is 41.8 Å². The van der Waals surface area contributed by atoms with Crippen LogP contribution in [0.1, 0.15) is 26.3 Å². The molecule has 0 unspecified atom stereocenters. The molecule has 1 aromatic rings. The molecule has 0 aliphatic heterocycles. The first-order valence-corrected chi connectivity index (χ1v) is 6.57. The van der Waals surface area contributed by atoms with Crippen molar-refractivity contribution in [1.82, 2.24) is 5.32 Å². The number of benzene rings is 1. The minimum absolute atomic E-state index is 0.171. The van der Waals surface area contributed by atoms with E-state index in [2.05, 4.69) is 56.9 Å². The Hall–Kier alpha value is -0.730. The van der Waals surface area contributed by atoms with Crippen LogP contribution in [0.3, 0.4) is 0 Å². The minimum atomic E-state index is 0.171. The fraction of sp³-hybridized carbons (Fsp3) is 0.429. The Labute approximate surface area is 103 Å². The smallest absolute Gasteiger partial charge is 0.0210 e. The molecule has 1 aromatic carbocycles. The van der Waals surface area contributed by atoms with Crippen LogP contribution >= 0.6 is 11.8 Å². The van der Waals surface area contributed by atoms with Crippen LogP contribution in [0.2, 0.25) is 0 Å². The summed E-state index contributed by atoms with van der Waals surface area (Å²) in [5.74, 6) is 0.968. The van der Waals surface area contributed by atoms with Gasteiger partial charge in [0, 0.05) is 22.7 Å². The lowest BCUT2D eigenvalue weighted by Crippen LogP contribution is -2.35. The van der Waals surface area contributed by atoms with Gasteiger partial charge in [0.15, 0.2) is 0 Å². The lowest BCUT2D eigenvalue weighted by atomic mass is 10.1. The summed E-state index contributed by atoms with van der Waals surface area (Å²) < 4.78 is 0. The van der Waals surface area contributed by atoms with Crippen LogP contribution < -0.4 is 5.32 Å². The Balaban J connectivity index is 2.56. The van der Waals surface area contributed by atoms with E-state index in [1.807, 2.05) is 17.8 Å². The van der Waals surface area contributed by atoms with Gasteiger partial charge in [-0.05, 0) is 38.5 Å². The fourth-order valence-electron chi connectivity index (χ4n) is 1.27. The quantitative estimate of drug-likeness (QED) is 0.614. The third-order valence-electron chi connectivity index (χ3n) is 2.09. The second-order valence-corrected chi connectivity index (χ2v) is 5.94. The largest absolute Gasteiger partial charge is 0.308 e. The van der Waals surface area contributed by atoms with E-state index in [4.69, 9.17) is 0 Å². The third kappa shape index (κ3) is 5.38. The first-order chi connectivity index (χ1) is 7.51. The molecule has 0 bridgehead atoms. The zero-order chi connectivity index (χ0) is 12.0. The molecule has 1 rings (SSSR count). The third-order valence-corrected chi connectivity index (χ3v) is 3.08. The first kappa shape index (κ1) is 13.3. The summed E-state index contributed by atoms with van der Waals surface area (Å²) in [6.07, 6.45) is 1.94. The van der Waals surface area contributed by atoms with E-state index in [1.54, 1.807) is 0 Å². The van der Waals surface area contributed by atoms with E-state index in [0.717, 1.165) is 12.3 Å². The average molecular weight is 235 g/mol. The standard InChI is InChI=1S/C14H21NS/c1-5-9-16-13-8-6-7-12(10-13)11-15-14(2,3)4/h5-8,10,15H,1,9,11H2,2-4H3. The summed E-state index contributed by atoms with van der Waals surface area (Å²) in [5, 5.41) is 3.49. The van der Waals surface area contributed by atoms with Crippen LogP contribution in [0, 0.1) is 0 Å². The van der Waals surface area contributed by atoms with Gasteiger partial charge in [0.1, 0.15) is 0 Å². The topological polar surface area (TPSA) is 12.0 Å². The highest BCUT2D eigenvalue weighted by atomic mass is 32.2. The van der Waals surface area contributed by atoms with Crippen molar-refractivity contribution in [3.8, 4) is 0 Å². The molecule has 0 atom stereocenters. The molecule has 1 nitrogen and oxygen atoms in total. The highest BCUT2D eigenvalue weighted by Crippen LogP contribution is 2.19. The van der Waals surface area contributed by atoms with E-state index in [9.17, 15) is 0 Å². The molecule has 16 heavy (non-hydrogen) atoms. The van der Waals surface area contributed by atoms with Crippen LogP contribution in [-0.4, -0.2) is 11.3 Å². The summed E-state index contributed by atoms with van der Waals surface area (Å²) in [4.78, 5) is 1.31. The molecule has 0 saturated carbocycles. The van der Waals surface area contributed by atoms with Crippen molar-refractivity contribution in [3.63, 3.8) is 0 Å². The fourth-order valence-corrected chi connectivity index (χ4v) is 1.99. The highest BCUT2D eigenvalue weighted by molar-refractivity contribution is 7.99. The van der Waals surface area contributed by atoms with Gasteiger partial charge in [-0.15, -0.1) is 18.3 Å². The van der Waals surface area contributed by atoms with Gasteiger partial charge in [0.05, 0.1) is 0 Å². The summed E-state index contributed by atoms with van der Waals surface area (Å²) in [5.41, 5.74) is 1.51. The summed E-state index contributed by atoms with van der Waals surface area (Å²) >= 11 is 1.82. The second kappa shape index (κ2) is 6.12. The molecule has 0 aliphatic rings. The predicted molar refractivity (Wildman–Crippen MR) is 74.0 cm³/mol. The monoisotopic (exact) mass is 235 g/mol. The SMILES string of the molecule is C=CCSc1cccc(CNC(C)(C)C)c1. The summed E-state index contributed by atoms with van der Waals surface area (Å²) in [6.45, 7) is 11.2. The van der Waals surface area contributed by atoms with E-state index in [1.165, 1.54) is 10.5 Å². The predicted octanol–water partition coefficient (Wildman–Crippen LogP) is 3.85. The number of nitrogens with one attached hydrogen (secondary N) is 1. The van der Waals surface area contributed by atoms with E-state index in [-0.39, 0.29) is 5.54 Å². The van der Waals surface area contributed by atoms with Gasteiger partial charge in [-0.2, -0.15) is 0 Å². The van der Waals surface area contributed by atoms with Gasteiger partial charge in [-0.3, -0.25) is 0 Å². The van der Waals surface area contributed by atoms with Gasteiger partial charge in [-0.1, -0.05) is 18.2 Å². The molecule has 0 radical (unpaired) electrons. The van der Waals surface area contributed by atoms with E-state index >= 15 is 0 Å². The zero-order valence-electron chi connectivity index (χ0n) is 10.4. The molecule has 0 spiro atoms. The highest BCUT2D eigenvalue weighted by Gasteiger charge is 2.08. The molecule has 0 amide bonds. The lowest BCUT2D eigenvalue weighted by molar-refractivity contribution is 0.424. The number of thioether (sulfide) groups is 1. The Morgan fingerprint density at radius 1 is 1.38 bits per heavy atom. The molecular formula is C14H21NS. The number of hydrogen-bond donors (Lipinski definition) is 1.